The lowest BCUT2D eigenvalue weighted by Crippen LogP contribution is -2.24. The summed E-state index contributed by atoms with van der Waals surface area (Å²) in [5, 5.41) is 8.99. The molecule has 1 unspecified atom stereocenters. The van der Waals surface area contributed by atoms with E-state index in [0.717, 1.165) is 23.1 Å². The van der Waals surface area contributed by atoms with Crippen molar-refractivity contribution in [1.29, 1.82) is 0 Å². The Bertz CT molecular complexity index is 389. The fourth-order valence-corrected chi connectivity index (χ4v) is 1.97. The predicted molar refractivity (Wildman–Crippen MR) is 54.4 cm³/mol. The number of fused-ring (bicyclic) bond motifs is 1. The average molecular weight is 207 g/mol. The third kappa shape index (κ3) is 1.73. The molecule has 0 radical (unpaired) electrons. The molecule has 80 valence electrons. The van der Waals surface area contributed by atoms with Crippen LogP contribution in [0.2, 0.25) is 0 Å². The Morgan fingerprint density at radius 2 is 2.40 bits per heavy atom. The number of hydrogen-bond acceptors (Lipinski definition) is 3. The molecule has 0 aromatic heterocycles. The summed E-state index contributed by atoms with van der Waals surface area (Å²) in [4.78, 5) is 11.0. The van der Waals surface area contributed by atoms with E-state index in [9.17, 15) is 4.79 Å². The van der Waals surface area contributed by atoms with Crippen LogP contribution in [0.4, 0.5) is 0 Å². The zero-order valence-corrected chi connectivity index (χ0v) is 8.27. The molecular formula is C11H13NO3. The first kappa shape index (κ1) is 10.1. The van der Waals surface area contributed by atoms with Crippen LogP contribution in [0.1, 0.15) is 22.8 Å². The van der Waals surface area contributed by atoms with Gasteiger partial charge < -0.3 is 15.6 Å². The summed E-state index contributed by atoms with van der Waals surface area (Å²) in [5.74, 6) is -0.940. The van der Waals surface area contributed by atoms with E-state index in [1.807, 2.05) is 12.1 Å². The van der Waals surface area contributed by atoms with Gasteiger partial charge in [-0.3, -0.25) is 0 Å². The first-order chi connectivity index (χ1) is 7.24. The molecular weight excluding hydrogens is 194 g/mol. The lowest BCUT2D eigenvalue weighted by molar-refractivity contribution is -0.151. The molecule has 2 rings (SSSR count). The van der Waals surface area contributed by atoms with Crippen LogP contribution in [0, 0.1) is 0 Å². The number of aliphatic carboxylic acids is 1. The number of hydrogen-bond donors (Lipinski definition) is 2. The SMILES string of the molecule is NCc1cccc2c1CCOC2C(=O)O. The zero-order valence-electron chi connectivity index (χ0n) is 8.27. The van der Waals surface area contributed by atoms with Crippen LogP contribution in [0.25, 0.3) is 0 Å². The summed E-state index contributed by atoms with van der Waals surface area (Å²) in [7, 11) is 0. The molecule has 15 heavy (non-hydrogen) atoms. The van der Waals surface area contributed by atoms with E-state index in [2.05, 4.69) is 0 Å². The Hall–Kier alpha value is -1.39. The van der Waals surface area contributed by atoms with E-state index >= 15 is 0 Å². The van der Waals surface area contributed by atoms with E-state index < -0.39 is 12.1 Å². The third-order valence-corrected chi connectivity index (χ3v) is 2.67. The molecule has 4 heteroatoms. The molecule has 0 saturated carbocycles. The van der Waals surface area contributed by atoms with Gasteiger partial charge in [0.1, 0.15) is 0 Å². The van der Waals surface area contributed by atoms with E-state index in [4.69, 9.17) is 15.6 Å². The van der Waals surface area contributed by atoms with Gasteiger partial charge in [-0.2, -0.15) is 0 Å². The molecule has 1 aromatic carbocycles. The quantitative estimate of drug-likeness (QED) is 0.753. The van der Waals surface area contributed by atoms with Gasteiger partial charge in [0, 0.05) is 6.54 Å². The average Bonchev–Trinajstić information content (AvgIpc) is 2.27. The first-order valence-electron chi connectivity index (χ1n) is 4.89. The summed E-state index contributed by atoms with van der Waals surface area (Å²) >= 11 is 0. The summed E-state index contributed by atoms with van der Waals surface area (Å²) < 4.78 is 5.22. The Morgan fingerprint density at radius 3 is 3.07 bits per heavy atom. The summed E-state index contributed by atoms with van der Waals surface area (Å²) in [5.41, 5.74) is 8.41. The molecule has 0 bridgehead atoms. The minimum atomic E-state index is -0.940. The van der Waals surface area contributed by atoms with Gasteiger partial charge in [-0.25, -0.2) is 4.79 Å². The molecule has 3 N–H and O–H groups in total. The standard InChI is InChI=1S/C11H13NO3/c12-6-7-2-1-3-9-8(7)4-5-15-10(9)11(13)14/h1-3,10H,4-6,12H2,(H,13,14). The monoisotopic (exact) mass is 207 g/mol. The van der Waals surface area contributed by atoms with Gasteiger partial charge in [0.05, 0.1) is 6.61 Å². The van der Waals surface area contributed by atoms with E-state index in [1.54, 1.807) is 6.07 Å². The van der Waals surface area contributed by atoms with E-state index in [-0.39, 0.29) is 0 Å². The second kappa shape index (κ2) is 4.00. The van der Waals surface area contributed by atoms with Gasteiger partial charge in [-0.05, 0) is 23.1 Å². The number of carboxylic acids is 1. The van der Waals surface area contributed by atoms with Gasteiger partial charge >= 0.3 is 5.97 Å². The molecule has 1 aromatic rings. The van der Waals surface area contributed by atoms with Gasteiger partial charge in [0.2, 0.25) is 0 Å². The highest BCUT2D eigenvalue weighted by atomic mass is 16.5. The number of benzene rings is 1. The molecule has 0 saturated heterocycles. The topological polar surface area (TPSA) is 72.5 Å². The van der Waals surface area contributed by atoms with Gasteiger partial charge in [-0.1, -0.05) is 18.2 Å². The Labute approximate surface area is 87.7 Å². The molecule has 1 aliphatic heterocycles. The van der Waals surface area contributed by atoms with Crippen molar-refractivity contribution in [1.82, 2.24) is 0 Å². The summed E-state index contributed by atoms with van der Waals surface area (Å²) in [6.07, 6.45) is -0.0906. The maximum atomic E-state index is 11.0. The van der Waals surface area contributed by atoms with Crippen molar-refractivity contribution >= 4 is 5.97 Å². The molecule has 1 heterocycles. The highest BCUT2D eigenvalue weighted by Gasteiger charge is 2.27. The Balaban J connectivity index is 2.48. The highest BCUT2D eigenvalue weighted by molar-refractivity contribution is 5.75. The van der Waals surface area contributed by atoms with Crippen molar-refractivity contribution in [3.8, 4) is 0 Å². The summed E-state index contributed by atoms with van der Waals surface area (Å²) in [6, 6.07) is 5.56. The van der Waals surface area contributed by atoms with Crippen LogP contribution in [-0.4, -0.2) is 17.7 Å². The maximum absolute atomic E-state index is 11.0. The molecule has 4 nitrogen and oxygen atoms in total. The molecule has 0 fully saturated rings. The Morgan fingerprint density at radius 1 is 1.60 bits per heavy atom. The van der Waals surface area contributed by atoms with Crippen LogP contribution in [0.3, 0.4) is 0 Å². The van der Waals surface area contributed by atoms with Crippen molar-refractivity contribution in [2.45, 2.75) is 19.1 Å². The molecule has 0 aliphatic carbocycles. The first-order valence-corrected chi connectivity index (χ1v) is 4.89. The largest absolute Gasteiger partial charge is 0.479 e. The van der Waals surface area contributed by atoms with Crippen molar-refractivity contribution in [3.63, 3.8) is 0 Å². The van der Waals surface area contributed by atoms with E-state index in [0.29, 0.717) is 13.2 Å². The van der Waals surface area contributed by atoms with Crippen molar-refractivity contribution in [2.75, 3.05) is 6.61 Å². The van der Waals surface area contributed by atoms with Crippen molar-refractivity contribution in [2.24, 2.45) is 5.73 Å². The van der Waals surface area contributed by atoms with Crippen molar-refractivity contribution in [3.05, 3.63) is 34.9 Å². The Kier molecular flexibility index (Phi) is 2.70. The van der Waals surface area contributed by atoms with Crippen LogP contribution >= 0.6 is 0 Å². The molecule has 1 atom stereocenters. The smallest absolute Gasteiger partial charge is 0.337 e. The van der Waals surface area contributed by atoms with Gasteiger partial charge in [0.25, 0.3) is 0 Å². The highest BCUT2D eigenvalue weighted by Crippen LogP contribution is 2.29. The van der Waals surface area contributed by atoms with Crippen LogP contribution in [-0.2, 0) is 22.5 Å². The molecule has 1 aliphatic rings. The number of ether oxygens (including phenoxy) is 1. The van der Waals surface area contributed by atoms with E-state index in [1.165, 1.54) is 0 Å². The second-order valence-corrected chi connectivity index (χ2v) is 3.53. The normalized spacial score (nSPS) is 19.7. The molecule has 0 spiro atoms. The minimum absolute atomic E-state index is 0.440. The molecule has 0 amide bonds. The number of nitrogens with two attached hydrogens (primary N) is 1. The van der Waals surface area contributed by atoms with Crippen molar-refractivity contribution < 1.29 is 14.6 Å². The summed E-state index contributed by atoms with van der Waals surface area (Å²) in [6.45, 7) is 0.885. The predicted octanol–water partition coefficient (Wildman–Crippen LogP) is 0.844. The van der Waals surface area contributed by atoms with Crippen LogP contribution in [0.5, 0.6) is 0 Å². The lowest BCUT2D eigenvalue weighted by Gasteiger charge is -2.24. The zero-order chi connectivity index (χ0) is 10.8. The lowest BCUT2D eigenvalue weighted by atomic mass is 9.93. The van der Waals surface area contributed by atoms with Crippen LogP contribution < -0.4 is 5.73 Å². The fourth-order valence-electron chi connectivity index (χ4n) is 1.97. The fraction of sp³-hybridized carbons (Fsp3) is 0.364. The minimum Gasteiger partial charge on any atom is -0.479 e. The van der Waals surface area contributed by atoms with Gasteiger partial charge in [-0.15, -0.1) is 0 Å². The maximum Gasteiger partial charge on any atom is 0.337 e. The number of carbonyl (C=O) groups is 1. The van der Waals surface area contributed by atoms with Gasteiger partial charge in [0.15, 0.2) is 6.10 Å². The third-order valence-electron chi connectivity index (χ3n) is 2.67. The number of carboxylic acid groups (broad SMARTS) is 1. The second-order valence-electron chi connectivity index (χ2n) is 3.53. The van der Waals surface area contributed by atoms with Crippen LogP contribution in [0.15, 0.2) is 18.2 Å². The number of rotatable bonds is 2.